The van der Waals surface area contributed by atoms with Crippen LogP contribution < -0.4 is 10.6 Å². The summed E-state index contributed by atoms with van der Waals surface area (Å²) in [5.74, 6) is 2.08. The molecule has 1 saturated carbocycles. The summed E-state index contributed by atoms with van der Waals surface area (Å²) in [7, 11) is 0. The van der Waals surface area contributed by atoms with Gasteiger partial charge in [-0.1, -0.05) is 6.42 Å². The van der Waals surface area contributed by atoms with E-state index < -0.39 is 0 Å². The quantitative estimate of drug-likeness (QED) is 0.923. The molecule has 1 aromatic heterocycles. The van der Waals surface area contributed by atoms with E-state index in [4.69, 9.17) is 5.73 Å². The van der Waals surface area contributed by atoms with Crippen molar-refractivity contribution < 1.29 is 0 Å². The maximum Gasteiger partial charge on any atom is 0.222 e. The van der Waals surface area contributed by atoms with Crippen molar-refractivity contribution in [2.24, 2.45) is 5.92 Å². The topological polar surface area (TPSA) is 55.0 Å². The summed E-state index contributed by atoms with van der Waals surface area (Å²) in [6, 6.07) is 0. The summed E-state index contributed by atoms with van der Waals surface area (Å²) in [6.07, 6.45) is 5.78. The standard InChI is InChI=1S/C11H17BrN4/c1-2-16(7-8-4-3-5-8)10-9(12)6-14-11(13)15-10/h6,8H,2-5,7H2,1H3,(H2,13,14,15). The Balaban J connectivity index is 2.14. The summed E-state index contributed by atoms with van der Waals surface area (Å²) < 4.78 is 0.919. The van der Waals surface area contributed by atoms with Crippen molar-refractivity contribution in [2.75, 3.05) is 23.7 Å². The first-order valence-corrected chi connectivity index (χ1v) is 6.53. The number of nitrogens with two attached hydrogens (primary N) is 1. The zero-order valence-electron chi connectivity index (χ0n) is 9.49. The van der Waals surface area contributed by atoms with Crippen LogP contribution in [0.25, 0.3) is 0 Å². The molecule has 4 nitrogen and oxygen atoms in total. The maximum absolute atomic E-state index is 5.63. The van der Waals surface area contributed by atoms with E-state index in [9.17, 15) is 0 Å². The lowest BCUT2D eigenvalue weighted by Crippen LogP contribution is -2.33. The number of hydrogen-bond acceptors (Lipinski definition) is 4. The Hall–Kier alpha value is -0.840. The number of nitrogens with zero attached hydrogens (tertiary/aromatic N) is 3. The molecular weight excluding hydrogens is 268 g/mol. The molecule has 0 aromatic carbocycles. The second kappa shape index (κ2) is 4.99. The number of nitrogen functional groups attached to an aromatic ring is 1. The summed E-state index contributed by atoms with van der Waals surface area (Å²) in [6.45, 7) is 4.17. The van der Waals surface area contributed by atoms with Gasteiger partial charge >= 0.3 is 0 Å². The third-order valence-corrected chi connectivity index (χ3v) is 3.69. The molecule has 1 fully saturated rings. The molecule has 0 saturated heterocycles. The second-order valence-electron chi connectivity index (χ2n) is 4.24. The molecule has 0 aliphatic heterocycles. The third-order valence-electron chi connectivity index (χ3n) is 3.13. The van der Waals surface area contributed by atoms with Gasteiger partial charge in [0.05, 0.1) is 4.47 Å². The molecule has 0 atom stereocenters. The van der Waals surface area contributed by atoms with Crippen LogP contribution in [0.3, 0.4) is 0 Å². The number of anilines is 2. The van der Waals surface area contributed by atoms with E-state index in [1.54, 1.807) is 6.20 Å². The van der Waals surface area contributed by atoms with Crippen LogP contribution in [-0.4, -0.2) is 23.1 Å². The first-order valence-electron chi connectivity index (χ1n) is 5.73. The summed E-state index contributed by atoms with van der Waals surface area (Å²) in [5, 5.41) is 0. The van der Waals surface area contributed by atoms with Crippen molar-refractivity contribution in [2.45, 2.75) is 26.2 Å². The Morgan fingerprint density at radius 3 is 2.88 bits per heavy atom. The van der Waals surface area contributed by atoms with Crippen molar-refractivity contribution >= 4 is 27.7 Å². The molecule has 16 heavy (non-hydrogen) atoms. The molecular formula is C11H17BrN4. The first kappa shape index (κ1) is 11.6. The molecule has 2 rings (SSSR count). The van der Waals surface area contributed by atoms with Crippen LogP contribution >= 0.6 is 15.9 Å². The molecule has 1 aliphatic rings. The summed E-state index contributed by atoms with van der Waals surface area (Å²) in [4.78, 5) is 10.5. The van der Waals surface area contributed by atoms with Crippen LogP contribution in [0, 0.1) is 5.92 Å². The van der Waals surface area contributed by atoms with Gasteiger partial charge < -0.3 is 10.6 Å². The number of rotatable bonds is 4. The molecule has 0 bridgehead atoms. The van der Waals surface area contributed by atoms with Gasteiger partial charge in [0.2, 0.25) is 5.95 Å². The normalized spacial score (nSPS) is 15.9. The molecule has 5 heteroatoms. The zero-order valence-corrected chi connectivity index (χ0v) is 11.1. The van der Waals surface area contributed by atoms with Crippen LogP contribution in [-0.2, 0) is 0 Å². The summed E-state index contributed by atoms with van der Waals surface area (Å²) >= 11 is 3.48. The Bertz CT molecular complexity index is 365. The Morgan fingerprint density at radius 2 is 2.31 bits per heavy atom. The Labute approximate surface area is 104 Å². The van der Waals surface area contributed by atoms with E-state index in [0.717, 1.165) is 29.3 Å². The second-order valence-corrected chi connectivity index (χ2v) is 5.09. The van der Waals surface area contributed by atoms with E-state index in [1.165, 1.54) is 19.3 Å². The number of halogens is 1. The van der Waals surface area contributed by atoms with Gasteiger partial charge in [0.25, 0.3) is 0 Å². The zero-order chi connectivity index (χ0) is 11.5. The third kappa shape index (κ3) is 2.45. The fraction of sp³-hybridized carbons (Fsp3) is 0.636. The van der Waals surface area contributed by atoms with E-state index in [-0.39, 0.29) is 0 Å². The van der Waals surface area contributed by atoms with Crippen LogP contribution in [0.5, 0.6) is 0 Å². The highest BCUT2D eigenvalue weighted by Crippen LogP contribution is 2.30. The minimum absolute atomic E-state index is 0.338. The van der Waals surface area contributed by atoms with E-state index >= 15 is 0 Å². The van der Waals surface area contributed by atoms with Gasteiger partial charge in [0.15, 0.2) is 0 Å². The fourth-order valence-corrected chi connectivity index (χ4v) is 2.39. The summed E-state index contributed by atoms with van der Waals surface area (Å²) in [5.41, 5.74) is 5.63. The largest absolute Gasteiger partial charge is 0.368 e. The minimum Gasteiger partial charge on any atom is -0.368 e. The fourth-order valence-electron chi connectivity index (χ4n) is 1.95. The van der Waals surface area contributed by atoms with Gasteiger partial charge in [-0.15, -0.1) is 0 Å². The molecule has 1 heterocycles. The van der Waals surface area contributed by atoms with Gasteiger partial charge in [0, 0.05) is 19.3 Å². The lowest BCUT2D eigenvalue weighted by atomic mass is 9.85. The monoisotopic (exact) mass is 284 g/mol. The number of aromatic nitrogens is 2. The van der Waals surface area contributed by atoms with Gasteiger partial charge in [0.1, 0.15) is 5.82 Å². The van der Waals surface area contributed by atoms with Crippen LogP contribution in [0.1, 0.15) is 26.2 Å². The minimum atomic E-state index is 0.338. The SMILES string of the molecule is CCN(CC1CCC1)c1nc(N)ncc1Br. The van der Waals surface area contributed by atoms with E-state index in [2.05, 4.69) is 37.7 Å². The average molecular weight is 285 g/mol. The van der Waals surface area contributed by atoms with Crippen molar-refractivity contribution in [3.05, 3.63) is 10.7 Å². The highest BCUT2D eigenvalue weighted by atomic mass is 79.9. The van der Waals surface area contributed by atoms with Crippen molar-refractivity contribution in [3.63, 3.8) is 0 Å². The van der Waals surface area contributed by atoms with Gasteiger partial charge in [-0.25, -0.2) is 4.98 Å². The van der Waals surface area contributed by atoms with Crippen molar-refractivity contribution in [3.8, 4) is 0 Å². The lowest BCUT2D eigenvalue weighted by molar-refractivity contribution is 0.318. The molecule has 88 valence electrons. The maximum atomic E-state index is 5.63. The first-order chi connectivity index (χ1) is 7.70. The highest BCUT2D eigenvalue weighted by Gasteiger charge is 2.22. The Morgan fingerprint density at radius 1 is 1.56 bits per heavy atom. The average Bonchev–Trinajstić information content (AvgIpc) is 2.21. The van der Waals surface area contributed by atoms with Crippen molar-refractivity contribution in [1.82, 2.24) is 9.97 Å². The Kier molecular flexibility index (Phi) is 3.63. The molecule has 0 radical (unpaired) electrons. The van der Waals surface area contributed by atoms with Gasteiger partial charge in [-0.2, -0.15) is 4.98 Å². The molecule has 0 amide bonds. The number of hydrogen-bond donors (Lipinski definition) is 1. The predicted octanol–water partition coefficient (Wildman–Crippen LogP) is 2.45. The van der Waals surface area contributed by atoms with Crippen molar-refractivity contribution in [1.29, 1.82) is 0 Å². The highest BCUT2D eigenvalue weighted by molar-refractivity contribution is 9.10. The molecule has 2 N–H and O–H groups in total. The van der Waals surface area contributed by atoms with Crippen LogP contribution in [0.2, 0.25) is 0 Å². The molecule has 0 spiro atoms. The smallest absolute Gasteiger partial charge is 0.222 e. The van der Waals surface area contributed by atoms with E-state index in [0.29, 0.717) is 5.95 Å². The van der Waals surface area contributed by atoms with Crippen LogP contribution in [0.15, 0.2) is 10.7 Å². The van der Waals surface area contributed by atoms with E-state index in [1.807, 2.05) is 0 Å². The van der Waals surface area contributed by atoms with Gasteiger partial charge in [-0.05, 0) is 41.6 Å². The molecule has 1 aromatic rings. The molecule has 1 aliphatic carbocycles. The van der Waals surface area contributed by atoms with Crippen LogP contribution in [0.4, 0.5) is 11.8 Å². The lowest BCUT2D eigenvalue weighted by Gasteiger charge is -2.32. The van der Waals surface area contributed by atoms with Gasteiger partial charge in [-0.3, -0.25) is 0 Å². The molecule has 0 unspecified atom stereocenters. The predicted molar refractivity (Wildman–Crippen MR) is 69.4 cm³/mol.